The normalized spacial score (nSPS) is 38.2. The molecule has 0 aromatic carbocycles. The summed E-state index contributed by atoms with van der Waals surface area (Å²) in [5, 5.41) is 0. The molecule has 3 aliphatic rings. The Hall–Kier alpha value is -0.750. The van der Waals surface area contributed by atoms with Gasteiger partial charge in [0.05, 0.1) is 32.3 Å². The molecule has 0 saturated carbocycles. The van der Waals surface area contributed by atoms with Crippen LogP contribution in [0.15, 0.2) is 24.1 Å². The number of allylic oxidation sites excluding steroid dienone is 3. The number of rotatable bonds is 5. The molecule has 2 fully saturated rings. The maximum atomic E-state index is 13.1. The van der Waals surface area contributed by atoms with Gasteiger partial charge in [0, 0.05) is 17.8 Å². The fraction of sp³-hybridized carbons (Fsp3) is 0.789. The number of hydrogen-bond acceptors (Lipinski definition) is 4. The van der Waals surface area contributed by atoms with E-state index in [0.717, 1.165) is 38.9 Å². The lowest BCUT2D eigenvalue weighted by Gasteiger charge is -2.35. The van der Waals surface area contributed by atoms with Gasteiger partial charge >= 0.3 is 0 Å². The van der Waals surface area contributed by atoms with E-state index >= 15 is 0 Å². The van der Waals surface area contributed by atoms with Crippen molar-refractivity contribution in [2.24, 2.45) is 17.8 Å². The van der Waals surface area contributed by atoms with Gasteiger partial charge in [0.15, 0.2) is 12.6 Å². The highest BCUT2D eigenvalue weighted by molar-refractivity contribution is 4.98. The molecule has 0 aromatic rings. The Morgan fingerprint density at radius 1 is 1.08 bits per heavy atom. The summed E-state index contributed by atoms with van der Waals surface area (Å²) < 4.78 is 36.4. The first-order chi connectivity index (χ1) is 11.7. The predicted molar refractivity (Wildman–Crippen MR) is 88.9 cm³/mol. The highest BCUT2D eigenvalue weighted by Crippen LogP contribution is 2.31. The van der Waals surface area contributed by atoms with Crippen molar-refractivity contribution < 1.29 is 23.3 Å². The van der Waals surface area contributed by atoms with E-state index in [1.54, 1.807) is 6.08 Å². The van der Waals surface area contributed by atoms with Crippen molar-refractivity contribution in [1.82, 2.24) is 0 Å². The lowest BCUT2D eigenvalue weighted by molar-refractivity contribution is -0.232. The minimum absolute atomic E-state index is 0.00378. The van der Waals surface area contributed by atoms with Gasteiger partial charge in [-0.2, -0.15) is 0 Å². The van der Waals surface area contributed by atoms with Crippen LogP contribution in [0.3, 0.4) is 0 Å². The van der Waals surface area contributed by atoms with E-state index in [1.807, 2.05) is 13.0 Å². The van der Waals surface area contributed by atoms with Crippen molar-refractivity contribution in [1.29, 1.82) is 0 Å². The zero-order valence-corrected chi connectivity index (χ0v) is 14.5. The second-order valence-electron chi connectivity index (χ2n) is 7.05. The van der Waals surface area contributed by atoms with Gasteiger partial charge in [0.2, 0.25) is 0 Å². The van der Waals surface area contributed by atoms with E-state index in [1.165, 1.54) is 0 Å². The molecule has 5 heteroatoms. The molecule has 136 valence electrons. The van der Waals surface area contributed by atoms with Crippen molar-refractivity contribution in [2.75, 3.05) is 26.4 Å². The van der Waals surface area contributed by atoms with Gasteiger partial charge in [-0.25, -0.2) is 4.39 Å². The first kappa shape index (κ1) is 18.1. The maximum Gasteiger partial charge on any atom is 0.160 e. The van der Waals surface area contributed by atoms with Gasteiger partial charge in [0.25, 0.3) is 0 Å². The molecule has 2 saturated heterocycles. The molecule has 1 aliphatic carbocycles. The average molecular weight is 340 g/mol. The van der Waals surface area contributed by atoms with Gasteiger partial charge in [-0.15, -0.1) is 0 Å². The van der Waals surface area contributed by atoms with Crippen molar-refractivity contribution >= 4 is 0 Å². The van der Waals surface area contributed by atoms with Crippen LogP contribution in [0.2, 0.25) is 0 Å². The quantitative estimate of drug-likeness (QED) is 0.710. The second kappa shape index (κ2) is 9.09. The fourth-order valence-electron chi connectivity index (χ4n) is 3.55. The Morgan fingerprint density at radius 3 is 2.46 bits per heavy atom. The molecule has 0 N–H and O–H groups in total. The smallest absolute Gasteiger partial charge is 0.160 e. The Bertz CT molecular complexity index is 435. The Kier molecular flexibility index (Phi) is 6.84. The second-order valence-corrected chi connectivity index (χ2v) is 7.05. The third-order valence-electron chi connectivity index (χ3n) is 5.04. The molecular formula is C19H29FO4. The van der Waals surface area contributed by atoms with Gasteiger partial charge in [-0.1, -0.05) is 18.2 Å². The van der Waals surface area contributed by atoms with Gasteiger partial charge < -0.3 is 18.9 Å². The van der Waals surface area contributed by atoms with E-state index in [4.69, 9.17) is 18.9 Å². The molecule has 1 atom stereocenters. The molecule has 2 aliphatic heterocycles. The molecule has 0 aromatic heterocycles. The molecule has 0 amide bonds. The van der Waals surface area contributed by atoms with Crippen LogP contribution in [0.25, 0.3) is 0 Å². The van der Waals surface area contributed by atoms with Gasteiger partial charge in [-0.3, -0.25) is 0 Å². The first-order valence-corrected chi connectivity index (χ1v) is 9.18. The monoisotopic (exact) mass is 340 g/mol. The third-order valence-corrected chi connectivity index (χ3v) is 5.04. The topological polar surface area (TPSA) is 36.9 Å². The largest absolute Gasteiger partial charge is 0.352 e. The van der Waals surface area contributed by atoms with Gasteiger partial charge in [0.1, 0.15) is 0 Å². The molecule has 0 radical (unpaired) electrons. The van der Waals surface area contributed by atoms with Crippen molar-refractivity contribution in [3.05, 3.63) is 24.1 Å². The van der Waals surface area contributed by atoms with Crippen LogP contribution in [0, 0.1) is 17.8 Å². The van der Waals surface area contributed by atoms with E-state index in [-0.39, 0.29) is 18.4 Å². The van der Waals surface area contributed by atoms with E-state index in [2.05, 4.69) is 6.08 Å². The van der Waals surface area contributed by atoms with Crippen LogP contribution in [0.4, 0.5) is 4.39 Å². The summed E-state index contributed by atoms with van der Waals surface area (Å²) in [5.74, 6) is 1.06. The summed E-state index contributed by atoms with van der Waals surface area (Å²) in [6.45, 7) is 4.91. The lowest BCUT2D eigenvalue weighted by atomic mass is 9.92. The van der Waals surface area contributed by atoms with Crippen molar-refractivity contribution in [3.8, 4) is 0 Å². The molecule has 2 heterocycles. The number of halogens is 1. The summed E-state index contributed by atoms with van der Waals surface area (Å²) in [5.41, 5.74) is 0. The lowest BCUT2D eigenvalue weighted by Crippen LogP contribution is -2.38. The third kappa shape index (κ3) is 5.12. The molecular weight excluding hydrogens is 311 g/mol. The van der Waals surface area contributed by atoms with Crippen molar-refractivity contribution in [2.45, 2.75) is 51.6 Å². The fourth-order valence-corrected chi connectivity index (χ4v) is 3.55. The minimum atomic E-state index is -0.172. The SMILES string of the molecule is CC=C[C@H]1CO[C@H](CC[C@H]2CO[C@H](C3CC=C(F)CC3)OC2)OC1. The summed E-state index contributed by atoms with van der Waals surface area (Å²) in [6, 6.07) is 0. The highest BCUT2D eigenvalue weighted by atomic mass is 19.1. The number of hydrogen-bond donors (Lipinski definition) is 0. The van der Waals surface area contributed by atoms with Crippen LogP contribution >= 0.6 is 0 Å². The molecule has 0 spiro atoms. The summed E-state index contributed by atoms with van der Waals surface area (Å²) in [7, 11) is 0. The standard InChI is InChI=1S/C19H29FO4/c1-2-3-14-10-21-18(22-11-14)9-4-15-12-23-19(24-13-15)16-5-7-17(20)8-6-16/h2-3,7,14-16,18-19H,4-6,8-13H2,1H3/t14-,15-,16?,18-,19-. The van der Waals surface area contributed by atoms with E-state index in [9.17, 15) is 4.39 Å². The van der Waals surface area contributed by atoms with Crippen LogP contribution in [0.1, 0.15) is 39.0 Å². The maximum absolute atomic E-state index is 13.1. The van der Waals surface area contributed by atoms with Crippen molar-refractivity contribution in [3.63, 3.8) is 0 Å². The minimum Gasteiger partial charge on any atom is -0.352 e. The zero-order chi connectivity index (χ0) is 16.8. The van der Waals surface area contributed by atoms with Crippen LogP contribution < -0.4 is 0 Å². The number of ether oxygens (including phenoxy) is 4. The van der Waals surface area contributed by atoms with Crippen LogP contribution in [0.5, 0.6) is 0 Å². The molecule has 3 rings (SSSR count). The van der Waals surface area contributed by atoms with E-state index in [0.29, 0.717) is 37.4 Å². The molecule has 24 heavy (non-hydrogen) atoms. The van der Waals surface area contributed by atoms with Crippen LogP contribution in [-0.2, 0) is 18.9 Å². The highest BCUT2D eigenvalue weighted by Gasteiger charge is 2.31. The average Bonchev–Trinajstić information content (AvgIpc) is 2.63. The summed E-state index contributed by atoms with van der Waals surface area (Å²) in [4.78, 5) is 0. The van der Waals surface area contributed by atoms with E-state index < -0.39 is 0 Å². The molecule has 0 bridgehead atoms. The first-order valence-electron chi connectivity index (χ1n) is 9.18. The van der Waals surface area contributed by atoms with Crippen LogP contribution in [-0.4, -0.2) is 39.0 Å². The molecule has 4 nitrogen and oxygen atoms in total. The van der Waals surface area contributed by atoms with Gasteiger partial charge in [-0.05, 0) is 39.0 Å². The predicted octanol–water partition coefficient (Wildman–Crippen LogP) is 3.97. The Morgan fingerprint density at radius 2 is 1.83 bits per heavy atom. The Labute approximate surface area is 144 Å². The summed E-state index contributed by atoms with van der Waals surface area (Å²) >= 11 is 0. The summed E-state index contributed by atoms with van der Waals surface area (Å²) in [6.07, 6.45) is 9.48. The Balaban J connectivity index is 1.32. The molecule has 1 unspecified atom stereocenters. The zero-order valence-electron chi connectivity index (χ0n) is 14.5.